The van der Waals surface area contributed by atoms with E-state index in [-0.39, 0.29) is 0 Å². The zero-order chi connectivity index (χ0) is 18.5. The van der Waals surface area contributed by atoms with Crippen LogP contribution in [0.3, 0.4) is 0 Å². The number of halogens is 1. The molecule has 0 radical (unpaired) electrons. The van der Waals surface area contributed by atoms with E-state index in [1.54, 1.807) is 66.5 Å². The summed E-state index contributed by atoms with van der Waals surface area (Å²) < 4.78 is 21.3. The van der Waals surface area contributed by atoms with Crippen molar-refractivity contribution >= 4 is 11.7 Å². The zero-order valence-corrected chi connectivity index (χ0v) is 14.4. The molecule has 0 aliphatic carbocycles. The summed E-state index contributed by atoms with van der Waals surface area (Å²) in [6, 6.07) is 12.1. The first kappa shape index (κ1) is 17.5. The van der Waals surface area contributed by atoms with Crippen LogP contribution in [0.1, 0.15) is 17.4 Å². The second kappa shape index (κ2) is 7.69. The SMILES string of the molecule is COc1ccccc1NC(=O)N[C@H](c1ccccc1F)c1nccn1C. The first-order valence-electron chi connectivity index (χ1n) is 8.02. The summed E-state index contributed by atoms with van der Waals surface area (Å²) in [6.45, 7) is 0. The predicted octanol–water partition coefficient (Wildman–Crippen LogP) is 3.48. The number of carbonyl (C=O) groups is 1. The molecule has 2 N–H and O–H groups in total. The van der Waals surface area contributed by atoms with E-state index in [4.69, 9.17) is 4.74 Å². The van der Waals surface area contributed by atoms with Gasteiger partial charge in [0.1, 0.15) is 23.4 Å². The van der Waals surface area contributed by atoms with Gasteiger partial charge in [-0.15, -0.1) is 0 Å². The molecule has 1 heterocycles. The number of aryl methyl sites for hydroxylation is 1. The van der Waals surface area contributed by atoms with Crippen molar-refractivity contribution in [2.24, 2.45) is 7.05 Å². The van der Waals surface area contributed by atoms with Crippen molar-refractivity contribution in [3.8, 4) is 5.75 Å². The quantitative estimate of drug-likeness (QED) is 0.737. The van der Waals surface area contributed by atoms with E-state index in [2.05, 4.69) is 15.6 Å². The van der Waals surface area contributed by atoms with Gasteiger partial charge in [0.05, 0.1) is 12.8 Å². The molecule has 0 saturated heterocycles. The summed E-state index contributed by atoms with van der Waals surface area (Å²) in [5.41, 5.74) is 0.844. The Morgan fingerprint density at radius 1 is 1.19 bits per heavy atom. The van der Waals surface area contributed by atoms with Gasteiger partial charge < -0.3 is 19.9 Å². The predicted molar refractivity (Wildman–Crippen MR) is 96.6 cm³/mol. The summed E-state index contributed by atoms with van der Waals surface area (Å²) in [5, 5.41) is 5.52. The van der Waals surface area contributed by atoms with Gasteiger partial charge in [-0.1, -0.05) is 30.3 Å². The number of amides is 2. The van der Waals surface area contributed by atoms with Gasteiger partial charge >= 0.3 is 6.03 Å². The molecule has 0 fully saturated rings. The number of para-hydroxylation sites is 2. The van der Waals surface area contributed by atoms with Crippen LogP contribution in [-0.4, -0.2) is 22.7 Å². The molecule has 1 aromatic heterocycles. The number of methoxy groups -OCH3 is 1. The van der Waals surface area contributed by atoms with Crippen LogP contribution < -0.4 is 15.4 Å². The smallest absolute Gasteiger partial charge is 0.320 e. The van der Waals surface area contributed by atoms with Crippen molar-refractivity contribution in [3.63, 3.8) is 0 Å². The molecule has 2 amide bonds. The van der Waals surface area contributed by atoms with Gasteiger partial charge in [0.25, 0.3) is 0 Å². The van der Waals surface area contributed by atoms with Crippen LogP contribution in [0.15, 0.2) is 60.9 Å². The molecule has 0 bridgehead atoms. The molecule has 0 spiro atoms. The first-order chi connectivity index (χ1) is 12.6. The molecule has 0 aliphatic heterocycles. The zero-order valence-electron chi connectivity index (χ0n) is 14.4. The summed E-state index contributed by atoms with van der Waals surface area (Å²) in [4.78, 5) is 16.8. The molecule has 2 aromatic carbocycles. The van der Waals surface area contributed by atoms with Crippen LogP contribution in [0.2, 0.25) is 0 Å². The van der Waals surface area contributed by atoms with Crippen LogP contribution >= 0.6 is 0 Å². The fraction of sp³-hybridized carbons (Fsp3) is 0.158. The highest BCUT2D eigenvalue weighted by molar-refractivity contribution is 5.91. The van der Waals surface area contributed by atoms with Gasteiger partial charge in [-0.25, -0.2) is 14.2 Å². The molecule has 3 rings (SSSR count). The standard InChI is InChI=1S/C19H19FN4O2/c1-24-12-11-21-18(24)17(13-7-3-4-8-14(13)20)23-19(25)22-15-9-5-6-10-16(15)26-2/h3-12,17H,1-2H3,(H2,22,23,25)/t17-/m1/s1. The molecule has 3 aromatic rings. The van der Waals surface area contributed by atoms with Crippen LogP contribution in [0.25, 0.3) is 0 Å². The molecule has 0 unspecified atom stereocenters. The third-order valence-electron chi connectivity index (χ3n) is 3.96. The molecule has 7 heteroatoms. The second-order valence-electron chi connectivity index (χ2n) is 5.65. The molecular weight excluding hydrogens is 335 g/mol. The van der Waals surface area contributed by atoms with Gasteiger partial charge in [-0.3, -0.25) is 0 Å². The second-order valence-corrected chi connectivity index (χ2v) is 5.65. The lowest BCUT2D eigenvalue weighted by atomic mass is 10.1. The fourth-order valence-electron chi connectivity index (χ4n) is 2.68. The van der Waals surface area contributed by atoms with E-state index >= 15 is 0 Å². The number of ether oxygens (including phenoxy) is 1. The summed E-state index contributed by atoms with van der Waals surface area (Å²) >= 11 is 0. The van der Waals surface area contributed by atoms with Crippen molar-refractivity contribution in [2.75, 3.05) is 12.4 Å². The highest BCUT2D eigenvalue weighted by atomic mass is 19.1. The average molecular weight is 354 g/mol. The van der Waals surface area contributed by atoms with Crippen LogP contribution in [0.4, 0.5) is 14.9 Å². The molecular formula is C19H19FN4O2. The first-order valence-corrected chi connectivity index (χ1v) is 8.02. The number of benzene rings is 2. The van der Waals surface area contributed by atoms with Crippen molar-refractivity contribution < 1.29 is 13.9 Å². The Morgan fingerprint density at radius 2 is 1.92 bits per heavy atom. The summed E-state index contributed by atoms with van der Waals surface area (Å²) in [7, 11) is 3.31. The highest BCUT2D eigenvalue weighted by Gasteiger charge is 2.23. The minimum Gasteiger partial charge on any atom is -0.495 e. The summed E-state index contributed by atoms with van der Waals surface area (Å²) in [5.74, 6) is 0.630. The number of nitrogens with zero attached hydrogens (tertiary/aromatic N) is 2. The van der Waals surface area contributed by atoms with E-state index in [9.17, 15) is 9.18 Å². The minimum absolute atomic E-state index is 0.331. The van der Waals surface area contributed by atoms with Crippen LogP contribution in [0.5, 0.6) is 5.75 Å². The number of carbonyl (C=O) groups excluding carboxylic acids is 1. The van der Waals surface area contributed by atoms with Gasteiger partial charge in [0, 0.05) is 25.0 Å². The van der Waals surface area contributed by atoms with Gasteiger partial charge in [0.2, 0.25) is 0 Å². The van der Waals surface area contributed by atoms with Gasteiger partial charge in [0.15, 0.2) is 0 Å². The number of urea groups is 1. The Hall–Kier alpha value is -3.35. The highest BCUT2D eigenvalue weighted by Crippen LogP contribution is 2.25. The molecule has 6 nitrogen and oxygen atoms in total. The third kappa shape index (κ3) is 3.66. The van der Waals surface area contributed by atoms with E-state index in [0.717, 1.165) is 0 Å². The molecule has 134 valence electrons. The van der Waals surface area contributed by atoms with Crippen molar-refractivity contribution in [1.29, 1.82) is 0 Å². The van der Waals surface area contributed by atoms with E-state index in [1.165, 1.54) is 13.2 Å². The molecule has 26 heavy (non-hydrogen) atoms. The number of aromatic nitrogens is 2. The minimum atomic E-state index is -0.745. The Balaban J connectivity index is 1.88. The topological polar surface area (TPSA) is 68.2 Å². The third-order valence-corrected chi connectivity index (χ3v) is 3.96. The monoisotopic (exact) mass is 354 g/mol. The lowest BCUT2D eigenvalue weighted by Gasteiger charge is -2.20. The molecule has 0 saturated carbocycles. The number of imidazole rings is 1. The normalized spacial score (nSPS) is 11.7. The number of hydrogen-bond donors (Lipinski definition) is 2. The van der Waals surface area contributed by atoms with E-state index in [1.807, 2.05) is 0 Å². The Labute approximate surface area is 150 Å². The van der Waals surface area contributed by atoms with Crippen molar-refractivity contribution in [3.05, 3.63) is 78.1 Å². The molecule has 1 atom stereocenters. The number of nitrogens with one attached hydrogen (secondary N) is 2. The largest absolute Gasteiger partial charge is 0.495 e. The number of anilines is 1. The number of hydrogen-bond acceptors (Lipinski definition) is 3. The van der Waals surface area contributed by atoms with Gasteiger partial charge in [-0.2, -0.15) is 0 Å². The van der Waals surface area contributed by atoms with Gasteiger partial charge in [-0.05, 0) is 18.2 Å². The Morgan fingerprint density at radius 3 is 2.62 bits per heavy atom. The van der Waals surface area contributed by atoms with Crippen LogP contribution in [0, 0.1) is 5.82 Å². The summed E-state index contributed by atoms with van der Waals surface area (Å²) in [6.07, 6.45) is 3.34. The Bertz CT molecular complexity index is 910. The van der Waals surface area contributed by atoms with Crippen molar-refractivity contribution in [2.45, 2.75) is 6.04 Å². The lowest BCUT2D eigenvalue weighted by molar-refractivity contribution is 0.249. The lowest BCUT2D eigenvalue weighted by Crippen LogP contribution is -2.35. The Kier molecular flexibility index (Phi) is 5.17. The molecule has 0 aliphatic rings. The van der Waals surface area contributed by atoms with E-state index in [0.29, 0.717) is 22.8 Å². The maximum atomic E-state index is 14.3. The number of rotatable bonds is 5. The fourth-order valence-corrected chi connectivity index (χ4v) is 2.68. The van der Waals surface area contributed by atoms with Crippen molar-refractivity contribution in [1.82, 2.24) is 14.9 Å². The maximum absolute atomic E-state index is 14.3. The maximum Gasteiger partial charge on any atom is 0.320 e. The van der Waals surface area contributed by atoms with E-state index < -0.39 is 17.9 Å². The van der Waals surface area contributed by atoms with Crippen LogP contribution in [-0.2, 0) is 7.05 Å². The average Bonchev–Trinajstić information content (AvgIpc) is 3.06.